The van der Waals surface area contributed by atoms with Gasteiger partial charge in [0.05, 0.1) is 17.8 Å². The molecule has 2 heterocycles. The van der Waals surface area contributed by atoms with Crippen LogP contribution in [-0.4, -0.2) is 53.0 Å². The van der Waals surface area contributed by atoms with Crippen LogP contribution >= 0.6 is 0 Å². The molecule has 0 saturated carbocycles. The lowest BCUT2D eigenvalue weighted by Gasteiger charge is -2.40. The standard InChI is InChI=1S/C31H41N5O2/c1-19(2)25-12-11-20(3)27(15-25)38-18-26-24(7)33-30(29-21(4)9-8-10-22(29)5)34-31(26)36-14-13-35(17-28(32)37)23(6)16-36/h8-12,15,19,23H,13-14,16-18H2,1-7H3,(H2,32,37)/t23-/m0/s1. The van der Waals surface area contributed by atoms with Gasteiger partial charge in [0.15, 0.2) is 5.82 Å². The molecule has 0 unspecified atom stereocenters. The summed E-state index contributed by atoms with van der Waals surface area (Å²) >= 11 is 0. The second kappa shape index (κ2) is 11.5. The van der Waals surface area contributed by atoms with Crippen LogP contribution in [-0.2, 0) is 11.4 Å². The van der Waals surface area contributed by atoms with Crippen molar-refractivity contribution in [3.8, 4) is 17.1 Å². The summed E-state index contributed by atoms with van der Waals surface area (Å²) in [4.78, 5) is 26.2. The Morgan fingerprint density at radius 3 is 2.39 bits per heavy atom. The average molecular weight is 516 g/mol. The number of nitrogens with two attached hydrogens (primary N) is 1. The SMILES string of the molecule is Cc1ccc(C(C)C)cc1OCc1c(C)nc(-c2c(C)cccc2C)nc1N1CCN(CC(N)=O)[C@@H](C)C1. The van der Waals surface area contributed by atoms with Gasteiger partial charge < -0.3 is 15.4 Å². The quantitative estimate of drug-likeness (QED) is 0.451. The van der Waals surface area contributed by atoms with Crippen molar-refractivity contribution in [2.24, 2.45) is 5.73 Å². The minimum Gasteiger partial charge on any atom is -0.488 e. The Labute approximate surface area is 227 Å². The lowest BCUT2D eigenvalue weighted by Crippen LogP contribution is -2.54. The lowest BCUT2D eigenvalue weighted by molar-refractivity contribution is -0.119. The number of anilines is 1. The van der Waals surface area contributed by atoms with Crippen molar-refractivity contribution in [1.29, 1.82) is 0 Å². The predicted molar refractivity (Wildman–Crippen MR) is 154 cm³/mol. The first-order valence-electron chi connectivity index (χ1n) is 13.5. The number of nitrogens with zero attached hydrogens (tertiary/aromatic N) is 4. The number of ether oxygens (including phenoxy) is 1. The van der Waals surface area contributed by atoms with Crippen molar-refractivity contribution in [2.75, 3.05) is 31.1 Å². The molecule has 2 N–H and O–H groups in total. The van der Waals surface area contributed by atoms with Gasteiger partial charge in [0.1, 0.15) is 18.2 Å². The molecular weight excluding hydrogens is 474 g/mol. The van der Waals surface area contributed by atoms with E-state index in [4.69, 9.17) is 20.4 Å². The number of primary amides is 1. The van der Waals surface area contributed by atoms with Crippen LogP contribution in [0.1, 0.15) is 60.2 Å². The topological polar surface area (TPSA) is 84.6 Å². The van der Waals surface area contributed by atoms with Crippen molar-refractivity contribution in [2.45, 2.75) is 67.0 Å². The molecule has 202 valence electrons. The van der Waals surface area contributed by atoms with E-state index in [1.165, 1.54) is 5.56 Å². The molecule has 3 aromatic rings. The Hall–Kier alpha value is -3.45. The number of carbonyl (C=O) groups excluding carboxylic acids is 1. The molecule has 38 heavy (non-hydrogen) atoms. The molecule has 1 amide bonds. The van der Waals surface area contributed by atoms with E-state index in [9.17, 15) is 4.79 Å². The maximum atomic E-state index is 11.6. The smallest absolute Gasteiger partial charge is 0.231 e. The Morgan fingerprint density at radius 1 is 1.05 bits per heavy atom. The molecule has 7 heteroatoms. The van der Waals surface area contributed by atoms with E-state index < -0.39 is 0 Å². The summed E-state index contributed by atoms with van der Waals surface area (Å²) in [5, 5.41) is 0. The first-order chi connectivity index (χ1) is 18.0. The zero-order chi connectivity index (χ0) is 27.6. The summed E-state index contributed by atoms with van der Waals surface area (Å²) in [5.74, 6) is 2.66. The summed E-state index contributed by atoms with van der Waals surface area (Å²) in [6.07, 6.45) is 0. The first-order valence-corrected chi connectivity index (χ1v) is 13.5. The highest BCUT2D eigenvalue weighted by molar-refractivity contribution is 5.76. The van der Waals surface area contributed by atoms with Gasteiger partial charge in [0.25, 0.3) is 0 Å². The van der Waals surface area contributed by atoms with Crippen LogP contribution in [0.5, 0.6) is 5.75 Å². The summed E-state index contributed by atoms with van der Waals surface area (Å²) in [5.41, 5.74) is 13.1. The minimum atomic E-state index is -0.298. The van der Waals surface area contributed by atoms with Gasteiger partial charge in [-0.25, -0.2) is 9.97 Å². The maximum absolute atomic E-state index is 11.6. The summed E-state index contributed by atoms with van der Waals surface area (Å²) < 4.78 is 6.44. The average Bonchev–Trinajstić information content (AvgIpc) is 2.84. The lowest BCUT2D eigenvalue weighted by atomic mass is 10.0. The fourth-order valence-electron chi connectivity index (χ4n) is 5.19. The monoisotopic (exact) mass is 515 g/mol. The fourth-order valence-corrected chi connectivity index (χ4v) is 5.19. The fraction of sp³-hybridized carbons (Fsp3) is 0.452. The second-order valence-electron chi connectivity index (χ2n) is 10.9. The van der Waals surface area contributed by atoms with Gasteiger partial charge in [-0.3, -0.25) is 9.69 Å². The van der Waals surface area contributed by atoms with Gasteiger partial charge in [0, 0.05) is 31.2 Å². The number of hydrogen-bond donors (Lipinski definition) is 1. The molecule has 1 aromatic heterocycles. The predicted octanol–water partition coefficient (Wildman–Crippen LogP) is 5.08. The van der Waals surface area contributed by atoms with E-state index in [1.54, 1.807) is 0 Å². The molecule has 1 aliphatic heterocycles. The summed E-state index contributed by atoms with van der Waals surface area (Å²) in [7, 11) is 0. The Kier molecular flexibility index (Phi) is 8.36. The second-order valence-corrected chi connectivity index (χ2v) is 10.9. The zero-order valence-corrected chi connectivity index (χ0v) is 23.8. The van der Waals surface area contributed by atoms with Crippen molar-refractivity contribution >= 4 is 11.7 Å². The highest BCUT2D eigenvalue weighted by Crippen LogP contribution is 2.32. The third-order valence-corrected chi connectivity index (χ3v) is 7.57. The Bertz CT molecular complexity index is 1300. The van der Waals surface area contributed by atoms with E-state index in [0.29, 0.717) is 12.5 Å². The molecule has 7 nitrogen and oxygen atoms in total. The van der Waals surface area contributed by atoms with Gasteiger partial charge >= 0.3 is 0 Å². The molecular formula is C31H41N5O2. The van der Waals surface area contributed by atoms with Crippen molar-refractivity contribution in [3.63, 3.8) is 0 Å². The normalized spacial score (nSPS) is 16.2. The molecule has 0 aliphatic carbocycles. The van der Waals surface area contributed by atoms with Crippen molar-refractivity contribution in [3.05, 3.63) is 69.9 Å². The van der Waals surface area contributed by atoms with E-state index in [-0.39, 0.29) is 18.5 Å². The Morgan fingerprint density at radius 2 is 1.76 bits per heavy atom. The zero-order valence-electron chi connectivity index (χ0n) is 23.8. The van der Waals surface area contributed by atoms with Gasteiger partial charge in [-0.1, -0.05) is 44.2 Å². The molecule has 0 spiro atoms. The number of aryl methyl sites for hydroxylation is 4. The molecule has 4 rings (SSSR count). The van der Waals surface area contributed by atoms with Gasteiger partial charge in [-0.05, 0) is 68.9 Å². The number of rotatable bonds is 8. The van der Waals surface area contributed by atoms with Crippen LogP contribution in [0.3, 0.4) is 0 Å². The Balaban J connectivity index is 1.73. The first kappa shape index (κ1) is 27.6. The number of piperazine rings is 1. The van der Waals surface area contributed by atoms with Crippen LogP contribution < -0.4 is 15.4 Å². The van der Waals surface area contributed by atoms with Crippen molar-refractivity contribution in [1.82, 2.24) is 14.9 Å². The molecule has 1 aliphatic rings. The van der Waals surface area contributed by atoms with Gasteiger partial charge in [-0.2, -0.15) is 0 Å². The van der Waals surface area contributed by atoms with Crippen LogP contribution in [0, 0.1) is 27.7 Å². The summed E-state index contributed by atoms with van der Waals surface area (Å²) in [6, 6.07) is 12.9. The third kappa shape index (κ3) is 5.99. The van der Waals surface area contributed by atoms with Crippen LogP contribution in [0.25, 0.3) is 11.4 Å². The van der Waals surface area contributed by atoms with E-state index in [0.717, 1.165) is 70.5 Å². The molecule has 1 atom stereocenters. The van der Waals surface area contributed by atoms with Gasteiger partial charge in [0.2, 0.25) is 5.91 Å². The number of amides is 1. The number of carbonyl (C=O) groups is 1. The largest absolute Gasteiger partial charge is 0.488 e. The highest BCUT2D eigenvalue weighted by atomic mass is 16.5. The number of hydrogen-bond acceptors (Lipinski definition) is 6. The van der Waals surface area contributed by atoms with E-state index >= 15 is 0 Å². The third-order valence-electron chi connectivity index (χ3n) is 7.57. The maximum Gasteiger partial charge on any atom is 0.231 e. The van der Waals surface area contributed by atoms with Crippen LogP contribution in [0.2, 0.25) is 0 Å². The van der Waals surface area contributed by atoms with E-state index in [2.05, 4.69) is 87.7 Å². The molecule has 2 aromatic carbocycles. The van der Waals surface area contributed by atoms with Crippen molar-refractivity contribution < 1.29 is 9.53 Å². The van der Waals surface area contributed by atoms with E-state index in [1.807, 2.05) is 6.92 Å². The molecule has 0 radical (unpaired) electrons. The molecule has 1 fully saturated rings. The van der Waals surface area contributed by atoms with Crippen LogP contribution in [0.15, 0.2) is 36.4 Å². The van der Waals surface area contributed by atoms with Gasteiger partial charge in [-0.15, -0.1) is 0 Å². The highest BCUT2D eigenvalue weighted by Gasteiger charge is 2.28. The minimum absolute atomic E-state index is 0.161. The molecule has 0 bridgehead atoms. The number of benzene rings is 2. The molecule has 1 saturated heterocycles. The van der Waals surface area contributed by atoms with Crippen LogP contribution in [0.4, 0.5) is 5.82 Å². The number of aromatic nitrogens is 2. The summed E-state index contributed by atoms with van der Waals surface area (Å²) in [6.45, 7) is 17.7.